The first-order valence-electron chi connectivity index (χ1n) is 5.70. The lowest BCUT2D eigenvalue weighted by molar-refractivity contribution is 0.425. The molecule has 90 valence electrons. The first kappa shape index (κ1) is 11.7. The van der Waals surface area contributed by atoms with Crippen molar-refractivity contribution in [1.82, 2.24) is 9.88 Å². The smallest absolute Gasteiger partial charge is 0.126 e. The molecular weight excluding hydrogens is 212 g/mol. The van der Waals surface area contributed by atoms with Crippen molar-refractivity contribution in [2.75, 3.05) is 38.2 Å². The highest BCUT2D eigenvalue weighted by Crippen LogP contribution is 2.23. The molecule has 0 unspecified atom stereocenters. The van der Waals surface area contributed by atoms with E-state index in [9.17, 15) is 0 Å². The van der Waals surface area contributed by atoms with Gasteiger partial charge in [0, 0.05) is 30.2 Å². The van der Waals surface area contributed by atoms with E-state index >= 15 is 0 Å². The summed E-state index contributed by atoms with van der Waals surface area (Å²) in [6.07, 6.45) is 0. The molecule has 0 amide bonds. The van der Waals surface area contributed by atoms with Gasteiger partial charge in [-0.1, -0.05) is 18.2 Å². The quantitative estimate of drug-likeness (QED) is 0.841. The van der Waals surface area contributed by atoms with Gasteiger partial charge in [0.1, 0.15) is 5.82 Å². The molecule has 0 aliphatic carbocycles. The largest absolute Gasteiger partial charge is 0.384 e. The maximum absolute atomic E-state index is 5.79. The second kappa shape index (κ2) is 5.01. The molecule has 1 aromatic heterocycles. The van der Waals surface area contributed by atoms with Crippen LogP contribution in [0.15, 0.2) is 30.3 Å². The molecule has 4 heteroatoms. The van der Waals surface area contributed by atoms with Crippen LogP contribution in [0.3, 0.4) is 0 Å². The number of nitrogens with zero attached hydrogens (tertiary/aromatic N) is 2. The normalized spacial score (nSPS) is 11.0. The lowest BCUT2D eigenvalue weighted by Crippen LogP contribution is -2.20. The number of hydrogen-bond donors (Lipinski definition) is 2. The van der Waals surface area contributed by atoms with Crippen LogP contribution < -0.4 is 11.1 Å². The predicted molar refractivity (Wildman–Crippen MR) is 73.2 cm³/mol. The van der Waals surface area contributed by atoms with Gasteiger partial charge in [-0.3, -0.25) is 0 Å². The molecule has 0 saturated heterocycles. The van der Waals surface area contributed by atoms with E-state index in [4.69, 9.17) is 5.73 Å². The molecule has 4 nitrogen and oxygen atoms in total. The second-order valence-electron chi connectivity index (χ2n) is 4.34. The van der Waals surface area contributed by atoms with Crippen LogP contribution in [0.5, 0.6) is 0 Å². The minimum Gasteiger partial charge on any atom is -0.384 e. The number of anilines is 2. The molecule has 1 heterocycles. The molecule has 17 heavy (non-hydrogen) atoms. The minimum atomic E-state index is 0.552. The van der Waals surface area contributed by atoms with Crippen molar-refractivity contribution in [3.8, 4) is 0 Å². The Kier molecular flexibility index (Phi) is 3.44. The van der Waals surface area contributed by atoms with Crippen LogP contribution in [0, 0.1) is 0 Å². The highest BCUT2D eigenvalue weighted by molar-refractivity contribution is 5.92. The Morgan fingerprint density at radius 2 is 2.06 bits per heavy atom. The maximum atomic E-state index is 5.79. The van der Waals surface area contributed by atoms with Crippen LogP contribution in [-0.2, 0) is 0 Å². The van der Waals surface area contributed by atoms with Crippen molar-refractivity contribution in [1.29, 1.82) is 0 Å². The molecule has 2 rings (SSSR count). The summed E-state index contributed by atoms with van der Waals surface area (Å²) < 4.78 is 0. The molecule has 2 aromatic rings. The van der Waals surface area contributed by atoms with E-state index in [1.54, 1.807) is 0 Å². The standard InChI is InChI=1S/C13H18N4/c1-17(2)8-7-15-12-9-13(14)16-11-6-4-3-5-10(11)12/h3-6,9H,7-8H2,1-2H3,(H3,14,15,16). The highest BCUT2D eigenvalue weighted by Gasteiger charge is 2.03. The summed E-state index contributed by atoms with van der Waals surface area (Å²) in [6, 6.07) is 9.90. The van der Waals surface area contributed by atoms with Crippen LogP contribution >= 0.6 is 0 Å². The van der Waals surface area contributed by atoms with Crippen LogP contribution in [-0.4, -0.2) is 37.1 Å². The van der Waals surface area contributed by atoms with Gasteiger partial charge in [-0.25, -0.2) is 4.98 Å². The topological polar surface area (TPSA) is 54.2 Å². The first-order valence-corrected chi connectivity index (χ1v) is 5.70. The number of nitrogens with two attached hydrogens (primary N) is 1. The maximum Gasteiger partial charge on any atom is 0.126 e. The third-order valence-electron chi connectivity index (χ3n) is 2.61. The molecule has 1 aromatic carbocycles. The lowest BCUT2D eigenvalue weighted by atomic mass is 10.2. The Hall–Kier alpha value is -1.81. The van der Waals surface area contributed by atoms with Crippen LogP contribution in [0.25, 0.3) is 10.9 Å². The number of nitrogen functional groups attached to an aromatic ring is 1. The van der Waals surface area contributed by atoms with Gasteiger partial charge in [0.05, 0.1) is 5.52 Å². The number of pyridine rings is 1. The van der Waals surface area contributed by atoms with Gasteiger partial charge in [-0.15, -0.1) is 0 Å². The molecular formula is C13H18N4. The van der Waals surface area contributed by atoms with E-state index in [-0.39, 0.29) is 0 Å². The third kappa shape index (κ3) is 2.85. The van der Waals surface area contributed by atoms with Gasteiger partial charge in [-0.05, 0) is 20.2 Å². The van der Waals surface area contributed by atoms with Crippen molar-refractivity contribution in [3.05, 3.63) is 30.3 Å². The third-order valence-corrected chi connectivity index (χ3v) is 2.61. The number of benzene rings is 1. The molecule has 0 spiro atoms. The van der Waals surface area contributed by atoms with E-state index in [1.807, 2.05) is 24.3 Å². The SMILES string of the molecule is CN(C)CCNc1cc(N)nc2ccccc12. The molecule has 0 radical (unpaired) electrons. The van der Waals surface area contributed by atoms with Crippen LogP contribution in [0.1, 0.15) is 0 Å². The Labute approximate surface area is 101 Å². The number of fused-ring (bicyclic) bond motifs is 1. The van der Waals surface area contributed by atoms with E-state index in [0.29, 0.717) is 5.82 Å². The second-order valence-corrected chi connectivity index (χ2v) is 4.34. The summed E-state index contributed by atoms with van der Waals surface area (Å²) in [5.74, 6) is 0.552. The Morgan fingerprint density at radius 1 is 1.29 bits per heavy atom. The average molecular weight is 230 g/mol. The van der Waals surface area contributed by atoms with E-state index in [0.717, 1.165) is 29.7 Å². The number of nitrogens with one attached hydrogen (secondary N) is 1. The number of likely N-dealkylation sites (N-methyl/N-ethyl adjacent to an activating group) is 1. The molecule has 0 aliphatic heterocycles. The number of rotatable bonds is 4. The Morgan fingerprint density at radius 3 is 2.82 bits per heavy atom. The summed E-state index contributed by atoms with van der Waals surface area (Å²) in [7, 11) is 4.11. The average Bonchev–Trinajstić information content (AvgIpc) is 2.28. The van der Waals surface area contributed by atoms with Gasteiger partial charge in [0.15, 0.2) is 0 Å². The van der Waals surface area contributed by atoms with E-state index < -0.39 is 0 Å². The summed E-state index contributed by atoms with van der Waals surface area (Å²) in [6.45, 7) is 1.87. The predicted octanol–water partition coefficient (Wildman–Crippen LogP) is 1.79. The fourth-order valence-electron chi connectivity index (χ4n) is 1.76. The van der Waals surface area contributed by atoms with Gasteiger partial charge in [-0.2, -0.15) is 0 Å². The molecule has 0 aliphatic rings. The fourth-order valence-corrected chi connectivity index (χ4v) is 1.76. The van der Waals surface area contributed by atoms with Crippen LogP contribution in [0.4, 0.5) is 11.5 Å². The Bertz CT molecular complexity index is 508. The van der Waals surface area contributed by atoms with E-state index in [2.05, 4.69) is 35.4 Å². The van der Waals surface area contributed by atoms with Gasteiger partial charge in [0.25, 0.3) is 0 Å². The van der Waals surface area contributed by atoms with Crippen molar-refractivity contribution in [3.63, 3.8) is 0 Å². The molecule has 0 bridgehead atoms. The first-order chi connectivity index (χ1) is 8.16. The number of aromatic nitrogens is 1. The van der Waals surface area contributed by atoms with Crippen molar-refractivity contribution in [2.24, 2.45) is 0 Å². The highest BCUT2D eigenvalue weighted by atomic mass is 15.1. The summed E-state index contributed by atoms with van der Waals surface area (Å²) in [5.41, 5.74) is 7.78. The summed E-state index contributed by atoms with van der Waals surface area (Å²) in [5, 5.41) is 4.51. The zero-order chi connectivity index (χ0) is 12.3. The van der Waals surface area contributed by atoms with Gasteiger partial charge >= 0.3 is 0 Å². The summed E-state index contributed by atoms with van der Waals surface area (Å²) in [4.78, 5) is 6.45. The minimum absolute atomic E-state index is 0.552. The zero-order valence-corrected chi connectivity index (χ0v) is 10.3. The number of hydrogen-bond acceptors (Lipinski definition) is 4. The summed E-state index contributed by atoms with van der Waals surface area (Å²) >= 11 is 0. The molecule has 0 atom stereocenters. The zero-order valence-electron chi connectivity index (χ0n) is 10.3. The monoisotopic (exact) mass is 230 g/mol. The molecule has 0 fully saturated rings. The number of para-hydroxylation sites is 1. The fraction of sp³-hybridized carbons (Fsp3) is 0.308. The van der Waals surface area contributed by atoms with Crippen molar-refractivity contribution in [2.45, 2.75) is 0 Å². The van der Waals surface area contributed by atoms with Gasteiger partial charge in [0.2, 0.25) is 0 Å². The van der Waals surface area contributed by atoms with E-state index in [1.165, 1.54) is 0 Å². The lowest BCUT2D eigenvalue weighted by Gasteiger charge is -2.13. The molecule has 3 N–H and O–H groups in total. The molecule has 0 saturated carbocycles. The van der Waals surface area contributed by atoms with Crippen molar-refractivity contribution >= 4 is 22.4 Å². The van der Waals surface area contributed by atoms with Crippen LogP contribution in [0.2, 0.25) is 0 Å². The van der Waals surface area contributed by atoms with Crippen molar-refractivity contribution < 1.29 is 0 Å². The Balaban J connectivity index is 2.26. The van der Waals surface area contributed by atoms with Gasteiger partial charge < -0.3 is 16.0 Å².